The number of benzene rings is 2. The molecule has 2 aromatic rings. The lowest BCUT2D eigenvalue weighted by molar-refractivity contribution is -0.138. The van der Waals surface area contributed by atoms with Crippen molar-refractivity contribution in [2.45, 2.75) is 19.1 Å². The van der Waals surface area contributed by atoms with Gasteiger partial charge in [0.05, 0.1) is 7.14 Å². The molecule has 0 amide bonds. The summed E-state index contributed by atoms with van der Waals surface area (Å²) < 4.78 is 7.80. The summed E-state index contributed by atoms with van der Waals surface area (Å²) in [7, 11) is 0. The minimum Gasteiger partial charge on any atom is -0.487 e. The SMILES string of the molecule is N[C@@H](Cc1cc(I)c(OCc2ccccc2)c(I)c1)C(=O)O. The highest BCUT2D eigenvalue weighted by atomic mass is 127. The monoisotopic (exact) mass is 523 g/mol. The molecule has 4 nitrogen and oxygen atoms in total. The Kier molecular flexibility index (Phi) is 6.45. The molecule has 0 fully saturated rings. The van der Waals surface area contributed by atoms with Gasteiger partial charge in [0.25, 0.3) is 0 Å². The number of carboxylic acids is 1. The summed E-state index contributed by atoms with van der Waals surface area (Å²) in [5.41, 5.74) is 7.59. The third-order valence-corrected chi connectivity index (χ3v) is 4.66. The minimum atomic E-state index is -0.991. The van der Waals surface area contributed by atoms with E-state index in [1.54, 1.807) is 0 Å². The molecule has 0 aromatic heterocycles. The van der Waals surface area contributed by atoms with E-state index in [0.29, 0.717) is 13.0 Å². The van der Waals surface area contributed by atoms with Gasteiger partial charge >= 0.3 is 5.97 Å². The number of carbonyl (C=O) groups is 1. The predicted octanol–water partition coefficient (Wildman–Crippen LogP) is 3.43. The summed E-state index contributed by atoms with van der Waals surface area (Å²) in [5, 5.41) is 8.89. The summed E-state index contributed by atoms with van der Waals surface area (Å²) in [6.45, 7) is 0.501. The van der Waals surface area contributed by atoms with E-state index >= 15 is 0 Å². The maximum atomic E-state index is 10.8. The quantitative estimate of drug-likeness (QED) is 0.570. The number of halogens is 2. The van der Waals surface area contributed by atoms with Crippen LogP contribution in [0.3, 0.4) is 0 Å². The molecule has 0 saturated heterocycles. The third-order valence-electron chi connectivity index (χ3n) is 3.06. The molecule has 0 saturated carbocycles. The molecule has 0 unspecified atom stereocenters. The van der Waals surface area contributed by atoms with Gasteiger partial charge in [-0.15, -0.1) is 0 Å². The van der Waals surface area contributed by atoms with E-state index < -0.39 is 12.0 Å². The zero-order valence-corrected chi connectivity index (χ0v) is 15.9. The van der Waals surface area contributed by atoms with Gasteiger partial charge in [0.2, 0.25) is 0 Å². The number of carboxylic acid groups (broad SMARTS) is 1. The van der Waals surface area contributed by atoms with E-state index in [9.17, 15) is 4.79 Å². The normalized spacial score (nSPS) is 12.0. The highest BCUT2D eigenvalue weighted by molar-refractivity contribution is 14.1. The first-order chi connectivity index (χ1) is 10.5. The molecule has 0 aliphatic heterocycles. The molecule has 2 rings (SSSR count). The van der Waals surface area contributed by atoms with Crippen molar-refractivity contribution in [3.63, 3.8) is 0 Å². The van der Waals surface area contributed by atoms with Crippen LogP contribution in [-0.2, 0) is 17.8 Å². The largest absolute Gasteiger partial charge is 0.487 e. The van der Waals surface area contributed by atoms with Crippen molar-refractivity contribution in [2.75, 3.05) is 0 Å². The highest BCUT2D eigenvalue weighted by Gasteiger charge is 2.15. The lowest BCUT2D eigenvalue weighted by atomic mass is 10.1. The highest BCUT2D eigenvalue weighted by Crippen LogP contribution is 2.30. The summed E-state index contributed by atoms with van der Waals surface area (Å²) in [4.78, 5) is 10.8. The predicted molar refractivity (Wildman–Crippen MR) is 102 cm³/mol. The van der Waals surface area contributed by atoms with Crippen LogP contribution in [-0.4, -0.2) is 17.1 Å². The van der Waals surface area contributed by atoms with Crippen LogP contribution in [0.1, 0.15) is 11.1 Å². The van der Waals surface area contributed by atoms with E-state index in [4.69, 9.17) is 15.6 Å². The number of ether oxygens (including phenoxy) is 1. The van der Waals surface area contributed by atoms with Crippen molar-refractivity contribution in [1.82, 2.24) is 0 Å². The average molecular weight is 523 g/mol. The second-order valence-electron chi connectivity index (χ2n) is 4.81. The Morgan fingerprint density at radius 3 is 2.27 bits per heavy atom. The lowest BCUT2D eigenvalue weighted by Crippen LogP contribution is -2.32. The topological polar surface area (TPSA) is 72.5 Å². The number of hydrogen-bond donors (Lipinski definition) is 2. The fraction of sp³-hybridized carbons (Fsp3) is 0.188. The average Bonchev–Trinajstić information content (AvgIpc) is 2.47. The summed E-state index contributed by atoms with van der Waals surface area (Å²) in [5.74, 6) is -0.174. The van der Waals surface area contributed by atoms with Crippen molar-refractivity contribution < 1.29 is 14.6 Å². The molecule has 0 aliphatic carbocycles. The summed E-state index contributed by atoms with van der Waals surface area (Å²) in [6.07, 6.45) is 0.306. The van der Waals surface area contributed by atoms with Gasteiger partial charge in [-0.3, -0.25) is 4.79 Å². The van der Waals surface area contributed by atoms with Gasteiger partial charge in [-0.25, -0.2) is 0 Å². The Labute approximate surface area is 156 Å². The molecule has 2 aromatic carbocycles. The van der Waals surface area contributed by atoms with Crippen molar-refractivity contribution in [3.05, 3.63) is 60.7 Å². The molecule has 0 radical (unpaired) electrons. The first-order valence-corrected chi connectivity index (χ1v) is 8.76. The number of nitrogens with two attached hydrogens (primary N) is 1. The van der Waals surface area contributed by atoms with Crippen molar-refractivity contribution in [3.8, 4) is 5.75 Å². The molecule has 0 bridgehead atoms. The van der Waals surface area contributed by atoms with Crippen molar-refractivity contribution in [1.29, 1.82) is 0 Å². The molecular weight excluding hydrogens is 508 g/mol. The Balaban J connectivity index is 2.11. The Morgan fingerprint density at radius 2 is 1.73 bits per heavy atom. The molecule has 3 N–H and O–H groups in total. The fourth-order valence-electron chi connectivity index (χ4n) is 1.94. The molecule has 0 heterocycles. The van der Waals surface area contributed by atoms with Crippen LogP contribution in [0.5, 0.6) is 5.75 Å². The van der Waals surface area contributed by atoms with E-state index in [1.165, 1.54) is 0 Å². The van der Waals surface area contributed by atoms with Gasteiger partial charge in [0.1, 0.15) is 18.4 Å². The standard InChI is InChI=1S/C16H15I2NO3/c17-12-6-11(8-14(19)16(20)21)7-13(18)15(12)22-9-10-4-2-1-3-5-10/h1-7,14H,8-9,19H2,(H,20,21)/t14-/m0/s1. The molecule has 6 heteroatoms. The van der Waals surface area contributed by atoms with Crippen LogP contribution >= 0.6 is 45.2 Å². The van der Waals surface area contributed by atoms with E-state index in [0.717, 1.165) is 24.0 Å². The number of aliphatic carboxylic acids is 1. The summed E-state index contributed by atoms with van der Waals surface area (Å²) >= 11 is 4.40. The molecule has 1 atom stereocenters. The maximum absolute atomic E-state index is 10.8. The van der Waals surface area contributed by atoms with Crippen molar-refractivity contribution in [2.24, 2.45) is 5.73 Å². The van der Waals surface area contributed by atoms with Crippen LogP contribution in [0.25, 0.3) is 0 Å². The zero-order valence-electron chi connectivity index (χ0n) is 11.6. The van der Waals surface area contributed by atoms with Crippen LogP contribution in [0.4, 0.5) is 0 Å². The van der Waals surface area contributed by atoms with E-state index in [2.05, 4.69) is 45.2 Å². The smallest absolute Gasteiger partial charge is 0.320 e. The van der Waals surface area contributed by atoms with Gasteiger partial charge < -0.3 is 15.6 Å². The third kappa shape index (κ3) is 4.82. The molecule has 116 valence electrons. The Morgan fingerprint density at radius 1 is 1.14 bits per heavy atom. The Hall–Kier alpha value is -0.870. The van der Waals surface area contributed by atoms with Crippen LogP contribution in [0.2, 0.25) is 0 Å². The molecule has 0 spiro atoms. The second-order valence-corrected chi connectivity index (χ2v) is 7.14. The zero-order chi connectivity index (χ0) is 16.1. The van der Waals surface area contributed by atoms with Gasteiger partial charge in [-0.2, -0.15) is 0 Å². The Bertz CT molecular complexity index is 639. The van der Waals surface area contributed by atoms with Gasteiger partial charge in [-0.05, 0) is 74.9 Å². The first-order valence-electron chi connectivity index (χ1n) is 6.60. The van der Waals surface area contributed by atoms with Crippen LogP contribution in [0, 0.1) is 7.14 Å². The van der Waals surface area contributed by atoms with Crippen LogP contribution in [0.15, 0.2) is 42.5 Å². The van der Waals surface area contributed by atoms with E-state index in [-0.39, 0.29) is 0 Å². The molecule has 0 aliphatic rings. The van der Waals surface area contributed by atoms with Crippen LogP contribution < -0.4 is 10.5 Å². The van der Waals surface area contributed by atoms with Gasteiger partial charge in [0.15, 0.2) is 0 Å². The number of hydrogen-bond acceptors (Lipinski definition) is 3. The summed E-state index contributed by atoms with van der Waals surface area (Å²) in [6, 6.07) is 12.9. The first kappa shape index (κ1) is 17.5. The number of rotatable bonds is 6. The molecule has 22 heavy (non-hydrogen) atoms. The van der Waals surface area contributed by atoms with Crippen molar-refractivity contribution >= 4 is 51.2 Å². The lowest BCUT2D eigenvalue weighted by Gasteiger charge is -2.13. The molecular formula is C16H15I2NO3. The minimum absolute atomic E-state index is 0.306. The second kappa shape index (κ2) is 8.11. The van der Waals surface area contributed by atoms with Gasteiger partial charge in [0, 0.05) is 0 Å². The van der Waals surface area contributed by atoms with Gasteiger partial charge in [-0.1, -0.05) is 30.3 Å². The van der Waals surface area contributed by atoms with E-state index in [1.807, 2.05) is 42.5 Å². The fourth-order valence-corrected chi connectivity index (χ4v) is 4.15. The maximum Gasteiger partial charge on any atom is 0.320 e.